The quantitative estimate of drug-likeness (QED) is 0.884. The Morgan fingerprint density at radius 2 is 1.96 bits per heavy atom. The van der Waals surface area contributed by atoms with Crippen molar-refractivity contribution in [2.24, 2.45) is 11.8 Å². The Hall–Kier alpha value is -1.17. The van der Waals surface area contributed by atoms with Crippen LogP contribution in [0.3, 0.4) is 0 Å². The lowest BCUT2D eigenvalue weighted by molar-refractivity contribution is -0.170. The zero-order valence-corrected chi connectivity index (χ0v) is 13.6. The van der Waals surface area contributed by atoms with Crippen molar-refractivity contribution >= 4 is 17.6 Å². The lowest BCUT2D eigenvalue weighted by Gasteiger charge is -2.49. The topological polar surface area (TPSA) is 60.8 Å². The number of likely N-dealkylation sites (tertiary alicyclic amines) is 1. The highest BCUT2D eigenvalue weighted by Crippen LogP contribution is 2.46. The van der Waals surface area contributed by atoms with Crippen molar-refractivity contribution in [3.05, 3.63) is 34.6 Å². The van der Waals surface area contributed by atoms with E-state index in [1.54, 1.807) is 6.07 Å². The summed E-state index contributed by atoms with van der Waals surface area (Å²) in [5.41, 5.74) is 0.0406. The molecule has 0 bridgehead atoms. The van der Waals surface area contributed by atoms with Gasteiger partial charge in [-0.05, 0) is 68.5 Å². The fourth-order valence-corrected chi connectivity index (χ4v) is 4.13. The highest BCUT2D eigenvalue weighted by atomic mass is 35.5. The van der Waals surface area contributed by atoms with Crippen LogP contribution in [-0.4, -0.2) is 39.8 Å². The minimum atomic E-state index is -0.810. The minimum absolute atomic E-state index is 0.158. The number of aliphatic hydroxyl groups is 1. The molecule has 2 fully saturated rings. The molecule has 0 unspecified atom stereocenters. The average molecular weight is 342 g/mol. The first-order chi connectivity index (χ1) is 10.9. The standard InChI is InChI=1S/C17H21ClFNO3/c18-14-5-11(6-15(19)7-14)10-20-3-1-13(2-4-20)17(23)8-12(9-17)16(21)22/h5-7,12-13,23H,1-4,8-10H2,(H,21,22). The van der Waals surface area contributed by atoms with E-state index in [0.29, 0.717) is 24.4 Å². The average Bonchev–Trinajstić information content (AvgIpc) is 2.43. The molecule has 1 aromatic rings. The Morgan fingerprint density at radius 3 is 2.52 bits per heavy atom. The van der Waals surface area contributed by atoms with Gasteiger partial charge in [-0.25, -0.2) is 4.39 Å². The number of benzene rings is 1. The Bertz CT molecular complexity index is 575. The number of hydrogen-bond acceptors (Lipinski definition) is 3. The molecular weight excluding hydrogens is 321 g/mol. The molecule has 0 aromatic heterocycles. The number of carbonyl (C=O) groups is 1. The van der Waals surface area contributed by atoms with Crippen molar-refractivity contribution in [3.8, 4) is 0 Å². The van der Waals surface area contributed by atoms with E-state index in [-0.39, 0.29) is 11.7 Å². The number of nitrogens with zero attached hydrogens (tertiary/aromatic N) is 1. The highest BCUT2D eigenvalue weighted by Gasteiger charge is 2.51. The van der Waals surface area contributed by atoms with Gasteiger partial charge < -0.3 is 10.2 Å². The maximum absolute atomic E-state index is 13.4. The molecule has 1 aliphatic heterocycles. The second-order valence-corrected chi connectivity index (χ2v) is 7.31. The molecule has 126 valence electrons. The molecule has 1 aromatic carbocycles. The third-order valence-corrected chi connectivity index (χ3v) is 5.44. The van der Waals surface area contributed by atoms with Gasteiger partial charge in [0.15, 0.2) is 0 Å². The van der Waals surface area contributed by atoms with Crippen molar-refractivity contribution in [3.63, 3.8) is 0 Å². The fraction of sp³-hybridized carbons (Fsp3) is 0.588. The Morgan fingerprint density at radius 1 is 1.30 bits per heavy atom. The van der Waals surface area contributed by atoms with Crippen LogP contribution < -0.4 is 0 Å². The smallest absolute Gasteiger partial charge is 0.306 e. The normalized spacial score (nSPS) is 29.3. The summed E-state index contributed by atoms with van der Waals surface area (Å²) in [5.74, 6) is -1.38. The predicted octanol–water partition coefficient (Wildman–Crippen LogP) is 2.92. The van der Waals surface area contributed by atoms with Crippen LogP contribution in [0.5, 0.6) is 0 Å². The van der Waals surface area contributed by atoms with Gasteiger partial charge in [0.1, 0.15) is 5.82 Å². The molecule has 0 spiro atoms. The summed E-state index contributed by atoms with van der Waals surface area (Å²) in [6.07, 6.45) is 2.41. The zero-order chi connectivity index (χ0) is 16.6. The van der Waals surface area contributed by atoms with Crippen molar-refractivity contribution in [2.45, 2.75) is 37.8 Å². The molecule has 6 heteroatoms. The summed E-state index contributed by atoms with van der Waals surface area (Å²) in [6, 6.07) is 4.56. The minimum Gasteiger partial charge on any atom is -0.481 e. The Kier molecular flexibility index (Phi) is 4.63. The number of hydrogen-bond donors (Lipinski definition) is 2. The molecule has 3 rings (SSSR count). The van der Waals surface area contributed by atoms with E-state index in [2.05, 4.69) is 4.90 Å². The molecule has 0 amide bonds. The van der Waals surface area contributed by atoms with E-state index in [1.807, 2.05) is 0 Å². The van der Waals surface area contributed by atoms with E-state index in [0.717, 1.165) is 31.5 Å². The highest BCUT2D eigenvalue weighted by molar-refractivity contribution is 6.30. The van der Waals surface area contributed by atoms with Gasteiger partial charge in [-0.2, -0.15) is 0 Å². The first kappa shape index (κ1) is 16.7. The van der Waals surface area contributed by atoms with Crippen LogP contribution in [0.1, 0.15) is 31.2 Å². The number of carboxylic acid groups (broad SMARTS) is 1. The van der Waals surface area contributed by atoms with Gasteiger partial charge in [0, 0.05) is 11.6 Å². The van der Waals surface area contributed by atoms with Gasteiger partial charge in [-0.15, -0.1) is 0 Å². The van der Waals surface area contributed by atoms with E-state index < -0.39 is 17.5 Å². The summed E-state index contributed by atoms with van der Waals surface area (Å²) < 4.78 is 13.4. The molecule has 1 saturated heterocycles. The van der Waals surface area contributed by atoms with Crippen LogP contribution in [0.25, 0.3) is 0 Å². The van der Waals surface area contributed by atoms with Gasteiger partial charge in [0.2, 0.25) is 0 Å². The van der Waals surface area contributed by atoms with Crippen LogP contribution in [0.15, 0.2) is 18.2 Å². The number of aliphatic carboxylic acids is 1. The first-order valence-corrected chi connectivity index (χ1v) is 8.36. The summed E-state index contributed by atoms with van der Waals surface area (Å²) in [4.78, 5) is 13.1. The molecule has 0 atom stereocenters. The third-order valence-electron chi connectivity index (χ3n) is 5.23. The summed E-state index contributed by atoms with van der Waals surface area (Å²) in [5, 5.41) is 19.9. The van der Waals surface area contributed by atoms with E-state index >= 15 is 0 Å². The first-order valence-electron chi connectivity index (χ1n) is 7.98. The number of piperidine rings is 1. The molecule has 2 N–H and O–H groups in total. The SMILES string of the molecule is O=C(O)C1CC(O)(C2CCN(Cc3cc(F)cc(Cl)c3)CC2)C1. The van der Waals surface area contributed by atoms with Crippen molar-refractivity contribution in [2.75, 3.05) is 13.1 Å². The van der Waals surface area contributed by atoms with Crippen LogP contribution in [0, 0.1) is 17.7 Å². The predicted molar refractivity (Wildman–Crippen MR) is 84.7 cm³/mol. The van der Waals surface area contributed by atoms with Gasteiger partial charge in [-0.3, -0.25) is 9.69 Å². The lowest BCUT2D eigenvalue weighted by Crippen LogP contribution is -2.54. The summed E-state index contributed by atoms with van der Waals surface area (Å²) in [6.45, 7) is 2.28. The largest absolute Gasteiger partial charge is 0.481 e. The van der Waals surface area contributed by atoms with E-state index in [9.17, 15) is 14.3 Å². The van der Waals surface area contributed by atoms with E-state index in [4.69, 9.17) is 16.7 Å². The lowest BCUT2D eigenvalue weighted by atomic mass is 9.62. The van der Waals surface area contributed by atoms with Crippen LogP contribution in [-0.2, 0) is 11.3 Å². The van der Waals surface area contributed by atoms with Gasteiger partial charge >= 0.3 is 5.97 Å². The van der Waals surface area contributed by atoms with Gasteiger partial charge in [0.05, 0.1) is 11.5 Å². The van der Waals surface area contributed by atoms with Gasteiger partial charge in [0.25, 0.3) is 0 Å². The molecule has 2 aliphatic rings. The van der Waals surface area contributed by atoms with Crippen LogP contribution in [0.2, 0.25) is 5.02 Å². The Balaban J connectivity index is 1.52. The molecule has 1 aliphatic carbocycles. The van der Waals surface area contributed by atoms with Crippen molar-refractivity contribution < 1.29 is 19.4 Å². The third kappa shape index (κ3) is 3.67. The molecule has 1 saturated carbocycles. The van der Waals surface area contributed by atoms with Crippen molar-refractivity contribution in [1.29, 1.82) is 0 Å². The molecule has 1 heterocycles. The second-order valence-electron chi connectivity index (χ2n) is 6.88. The maximum atomic E-state index is 13.4. The van der Waals surface area contributed by atoms with Crippen molar-refractivity contribution in [1.82, 2.24) is 4.90 Å². The van der Waals surface area contributed by atoms with Gasteiger partial charge in [-0.1, -0.05) is 11.6 Å². The number of halogens is 2. The number of rotatable bonds is 4. The van der Waals surface area contributed by atoms with Crippen LogP contribution in [0.4, 0.5) is 4.39 Å². The monoisotopic (exact) mass is 341 g/mol. The molecule has 4 nitrogen and oxygen atoms in total. The molecular formula is C17H21ClFNO3. The maximum Gasteiger partial charge on any atom is 0.306 e. The number of carboxylic acids is 1. The Labute approximate surface area is 139 Å². The summed E-state index contributed by atoms with van der Waals surface area (Å²) >= 11 is 5.88. The molecule has 0 radical (unpaired) electrons. The fourth-order valence-electron chi connectivity index (χ4n) is 3.89. The van der Waals surface area contributed by atoms with E-state index in [1.165, 1.54) is 12.1 Å². The zero-order valence-electron chi connectivity index (χ0n) is 12.8. The second kappa shape index (κ2) is 6.38. The summed E-state index contributed by atoms with van der Waals surface area (Å²) in [7, 11) is 0. The van der Waals surface area contributed by atoms with Crippen LogP contribution >= 0.6 is 11.6 Å². The molecule has 23 heavy (non-hydrogen) atoms.